The minimum absolute atomic E-state index is 0.0116. The van der Waals surface area contributed by atoms with Gasteiger partial charge in [0.1, 0.15) is 5.82 Å². The summed E-state index contributed by atoms with van der Waals surface area (Å²) >= 11 is 0. The number of amides is 1. The molecule has 2 aromatic heterocycles. The fraction of sp³-hybridized carbons (Fsp3) is 0.167. The van der Waals surface area contributed by atoms with Gasteiger partial charge in [0.15, 0.2) is 0 Å². The van der Waals surface area contributed by atoms with Crippen molar-refractivity contribution < 1.29 is 15.1 Å². The Balaban J connectivity index is 2.28. The van der Waals surface area contributed by atoms with E-state index in [4.69, 9.17) is 5.21 Å². The first kappa shape index (κ1) is 18.3. The highest BCUT2D eigenvalue weighted by molar-refractivity contribution is 5.87. The highest BCUT2D eigenvalue weighted by Gasteiger charge is 2.09. The van der Waals surface area contributed by atoms with Gasteiger partial charge in [-0.2, -0.15) is 0 Å². The average Bonchev–Trinajstić information content (AvgIpc) is 3.05. The Hall–Kier alpha value is -3.03. The van der Waals surface area contributed by atoms with Crippen LogP contribution in [0, 0.1) is 0 Å². The second kappa shape index (κ2) is 9.31. The Kier molecular flexibility index (Phi) is 6.82. The number of aliphatic hydroxyl groups excluding tert-OH is 1. The maximum atomic E-state index is 11.1. The van der Waals surface area contributed by atoms with E-state index in [1.165, 1.54) is 6.08 Å². The molecule has 25 heavy (non-hydrogen) atoms. The van der Waals surface area contributed by atoms with Crippen LogP contribution in [-0.2, 0) is 11.3 Å². The van der Waals surface area contributed by atoms with Crippen molar-refractivity contribution in [3.8, 4) is 11.4 Å². The summed E-state index contributed by atoms with van der Waals surface area (Å²) in [6.07, 6.45) is 13.4. The molecule has 0 saturated carbocycles. The molecule has 0 bridgehead atoms. The third-order valence-corrected chi connectivity index (χ3v) is 3.47. The number of nitrogens with zero attached hydrogens (tertiary/aromatic N) is 3. The lowest BCUT2D eigenvalue weighted by molar-refractivity contribution is -0.124. The first-order chi connectivity index (χ1) is 12.2. The Morgan fingerprint density at radius 3 is 2.68 bits per heavy atom. The second-order valence-corrected chi connectivity index (χ2v) is 5.05. The fourth-order valence-electron chi connectivity index (χ4n) is 2.23. The summed E-state index contributed by atoms with van der Waals surface area (Å²) in [5, 5.41) is 17.9. The number of hydroxylamine groups is 1. The molecule has 0 radical (unpaired) electrons. The van der Waals surface area contributed by atoms with E-state index in [-0.39, 0.29) is 6.61 Å². The average molecular weight is 340 g/mol. The van der Waals surface area contributed by atoms with Crippen LogP contribution in [0.15, 0.2) is 60.6 Å². The normalized spacial score (nSPS) is 12.2. The standard InChI is InChI=1S/C18H20N4O3/c1-2-14(4-6-17(24)21-25)3-5-16-13-20-18(22(16)11-12-23)15-7-9-19-10-8-15/h2-10,13,23,25H,11-12H2,1H3,(H,21,24)/b5-3-,6-4+,14-2+. The first-order valence-electron chi connectivity index (χ1n) is 7.73. The molecule has 7 heteroatoms. The molecule has 0 aliphatic carbocycles. The van der Waals surface area contributed by atoms with Crippen LogP contribution in [0.2, 0.25) is 0 Å². The van der Waals surface area contributed by atoms with E-state index >= 15 is 0 Å². The number of rotatable bonds is 7. The Bertz CT molecular complexity index is 792. The molecule has 1 amide bonds. The molecule has 7 nitrogen and oxygen atoms in total. The number of aliphatic hydroxyl groups is 1. The quantitative estimate of drug-likeness (QED) is 0.310. The molecular formula is C18H20N4O3. The van der Waals surface area contributed by atoms with Gasteiger partial charge in [-0.1, -0.05) is 12.2 Å². The molecule has 2 rings (SSSR count). The summed E-state index contributed by atoms with van der Waals surface area (Å²) in [4.78, 5) is 19.5. The lowest BCUT2D eigenvalue weighted by Crippen LogP contribution is -2.14. The maximum absolute atomic E-state index is 11.1. The predicted octanol–water partition coefficient (Wildman–Crippen LogP) is 1.96. The monoisotopic (exact) mass is 340 g/mol. The molecule has 2 aromatic rings. The summed E-state index contributed by atoms with van der Waals surface area (Å²) in [7, 11) is 0. The zero-order valence-corrected chi connectivity index (χ0v) is 13.8. The zero-order valence-electron chi connectivity index (χ0n) is 13.8. The van der Waals surface area contributed by atoms with E-state index in [0.29, 0.717) is 6.54 Å². The fourth-order valence-corrected chi connectivity index (χ4v) is 2.23. The van der Waals surface area contributed by atoms with Crippen LogP contribution < -0.4 is 5.48 Å². The largest absolute Gasteiger partial charge is 0.395 e. The van der Waals surface area contributed by atoms with Gasteiger partial charge in [0, 0.05) is 30.6 Å². The smallest absolute Gasteiger partial charge is 0.267 e. The van der Waals surface area contributed by atoms with Crippen molar-refractivity contribution in [2.45, 2.75) is 13.5 Å². The maximum Gasteiger partial charge on any atom is 0.267 e. The Morgan fingerprint density at radius 2 is 2.04 bits per heavy atom. The van der Waals surface area contributed by atoms with Crippen molar-refractivity contribution in [3.63, 3.8) is 0 Å². The van der Waals surface area contributed by atoms with Gasteiger partial charge in [-0.3, -0.25) is 15.0 Å². The SMILES string of the molecule is C/C=C(\C=C/c1cnc(-c2ccncc2)n1CCO)/C=C/C(=O)NO. The summed E-state index contributed by atoms with van der Waals surface area (Å²) in [6, 6.07) is 3.72. The van der Waals surface area contributed by atoms with Gasteiger partial charge >= 0.3 is 0 Å². The molecule has 3 N–H and O–H groups in total. The summed E-state index contributed by atoms with van der Waals surface area (Å²) in [5.74, 6) is 0.145. The number of aromatic nitrogens is 3. The van der Waals surface area contributed by atoms with Crippen LogP contribution >= 0.6 is 0 Å². The predicted molar refractivity (Wildman–Crippen MR) is 94.4 cm³/mol. The van der Waals surface area contributed by atoms with Crippen LogP contribution in [0.5, 0.6) is 0 Å². The molecule has 0 fully saturated rings. The molecule has 0 aliphatic heterocycles. The molecule has 0 saturated heterocycles. The number of carbonyl (C=O) groups excluding carboxylic acids is 1. The van der Waals surface area contributed by atoms with E-state index in [9.17, 15) is 9.90 Å². The highest BCUT2D eigenvalue weighted by atomic mass is 16.5. The summed E-state index contributed by atoms with van der Waals surface area (Å²) in [5.41, 5.74) is 4.06. The highest BCUT2D eigenvalue weighted by Crippen LogP contribution is 2.20. The molecule has 0 aliphatic rings. The van der Waals surface area contributed by atoms with Gasteiger partial charge in [-0.25, -0.2) is 10.5 Å². The van der Waals surface area contributed by atoms with Gasteiger partial charge in [0.25, 0.3) is 5.91 Å². The third-order valence-electron chi connectivity index (χ3n) is 3.47. The van der Waals surface area contributed by atoms with Gasteiger partial charge in [0.2, 0.25) is 0 Å². The molecular weight excluding hydrogens is 320 g/mol. The topological polar surface area (TPSA) is 100 Å². The number of hydrogen-bond acceptors (Lipinski definition) is 5. The van der Waals surface area contributed by atoms with Crippen LogP contribution in [-0.4, -0.2) is 37.4 Å². The Labute approximate surface area is 145 Å². The van der Waals surface area contributed by atoms with Gasteiger partial charge < -0.3 is 9.67 Å². The first-order valence-corrected chi connectivity index (χ1v) is 7.73. The van der Waals surface area contributed by atoms with Crippen molar-refractivity contribution >= 4 is 12.0 Å². The van der Waals surface area contributed by atoms with Crippen molar-refractivity contribution in [2.75, 3.05) is 6.61 Å². The summed E-state index contributed by atoms with van der Waals surface area (Å²) in [6.45, 7) is 2.24. The van der Waals surface area contributed by atoms with Crippen LogP contribution in [0.4, 0.5) is 0 Å². The molecule has 0 spiro atoms. The summed E-state index contributed by atoms with van der Waals surface area (Å²) < 4.78 is 1.91. The molecule has 0 atom stereocenters. The molecule has 0 aromatic carbocycles. The van der Waals surface area contributed by atoms with Crippen molar-refractivity contribution in [2.24, 2.45) is 0 Å². The number of carbonyl (C=O) groups is 1. The third kappa shape index (κ3) is 4.97. The van der Waals surface area contributed by atoms with Gasteiger partial charge in [0.05, 0.1) is 18.5 Å². The van der Waals surface area contributed by atoms with E-state index in [1.807, 2.05) is 41.9 Å². The van der Waals surface area contributed by atoms with E-state index in [1.54, 1.807) is 30.1 Å². The number of nitrogens with one attached hydrogen (secondary N) is 1. The number of allylic oxidation sites excluding steroid dienone is 4. The number of pyridine rings is 1. The Morgan fingerprint density at radius 1 is 1.28 bits per heavy atom. The van der Waals surface area contributed by atoms with Crippen LogP contribution in [0.1, 0.15) is 12.6 Å². The lowest BCUT2D eigenvalue weighted by Gasteiger charge is -2.08. The van der Waals surface area contributed by atoms with E-state index in [0.717, 1.165) is 22.7 Å². The molecule has 0 unspecified atom stereocenters. The van der Waals surface area contributed by atoms with Gasteiger partial charge in [-0.15, -0.1) is 0 Å². The van der Waals surface area contributed by atoms with Crippen molar-refractivity contribution in [3.05, 3.63) is 66.3 Å². The number of imidazole rings is 1. The van der Waals surface area contributed by atoms with Gasteiger partial charge in [-0.05, 0) is 36.8 Å². The van der Waals surface area contributed by atoms with E-state index in [2.05, 4.69) is 9.97 Å². The van der Waals surface area contributed by atoms with Crippen LogP contribution in [0.25, 0.3) is 17.5 Å². The number of hydrogen-bond donors (Lipinski definition) is 3. The molecule has 2 heterocycles. The lowest BCUT2D eigenvalue weighted by atomic mass is 10.2. The zero-order chi connectivity index (χ0) is 18.1. The van der Waals surface area contributed by atoms with Crippen molar-refractivity contribution in [1.29, 1.82) is 0 Å². The second-order valence-electron chi connectivity index (χ2n) is 5.05. The minimum Gasteiger partial charge on any atom is -0.395 e. The van der Waals surface area contributed by atoms with Crippen LogP contribution in [0.3, 0.4) is 0 Å². The van der Waals surface area contributed by atoms with E-state index < -0.39 is 5.91 Å². The minimum atomic E-state index is -0.599. The molecule has 130 valence electrons. The van der Waals surface area contributed by atoms with Crippen molar-refractivity contribution in [1.82, 2.24) is 20.0 Å².